The summed E-state index contributed by atoms with van der Waals surface area (Å²) >= 11 is 0. The fourth-order valence-electron chi connectivity index (χ4n) is 5.10. The van der Waals surface area contributed by atoms with E-state index in [9.17, 15) is 0 Å². The van der Waals surface area contributed by atoms with Gasteiger partial charge in [0.25, 0.3) is 0 Å². The van der Waals surface area contributed by atoms with Crippen molar-refractivity contribution in [3.05, 3.63) is 157 Å². The first kappa shape index (κ1) is 22.8. The van der Waals surface area contributed by atoms with Crippen LogP contribution in [0.25, 0.3) is 55.6 Å². The predicted molar refractivity (Wildman–Crippen MR) is 158 cm³/mol. The van der Waals surface area contributed by atoms with E-state index in [1.165, 1.54) is 61.2 Å². The highest BCUT2D eigenvalue weighted by Crippen LogP contribution is 2.39. The van der Waals surface area contributed by atoms with Gasteiger partial charge in [-0.3, -0.25) is 0 Å². The lowest BCUT2D eigenvalue weighted by Gasteiger charge is -2.17. The van der Waals surface area contributed by atoms with Gasteiger partial charge in [0.2, 0.25) is 0 Å². The Labute approximate surface area is 219 Å². The summed E-state index contributed by atoms with van der Waals surface area (Å²) in [6.07, 6.45) is 0. The first-order valence-electron chi connectivity index (χ1n) is 12.8. The zero-order chi connectivity index (χ0) is 25.0. The van der Waals surface area contributed by atoms with E-state index < -0.39 is 0 Å². The summed E-state index contributed by atoms with van der Waals surface area (Å²) < 4.78 is 0. The van der Waals surface area contributed by atoms with Crippen LogP contribution >= 0.6 is 0 Å². The van der Waals surface area contributed by atoms with Gasteiger partial charge >= 0.3 is 0 Å². The number of hydrogen-bond donors (Lipinski definition) is 0. The van der Waals surface area contributed by atoms with E-state index in [4.69, 9.17) is 0 Å². The van der Waals surface area contributed by atoms with Crippen molar-refractivity contribution in [1.29, 1.82) is 0 Å². The van der Waals surface area contributed by atoms with Crippen LogP contribution in [0.5, 0.6) is 0 Å². The molecule has 0 fully saturated rings. The van der Waals surface area contributed by atoms with Gasteiger partial charge in [0.1, 0.15) is 0 Å². The smallest absolute Gasteiger partial charge is 0.0142 e. The molecule has 6 aromatic rings. The largest absolute Gasteiger partial charge is 0.0622 e. The molecule has 176 valence electrons. The number of hydrogen-bond acceptors (Lipinski definition) is 0. The second kappa shape index (κ2) is 10.1. The Morgan fingerprint density at radius 3 is 0.892 bits per heavy atom. The second-order valence-electron chi connectivity index (χ2n) is 9.46. The molecule has 0 saturated heterocycles. The molecule has 6 rings (SSSR count). The Morgan fingerprint density at radius 2 is 0.541 bits per heavy atom. The van der Waals surface area contributed by atoms with E-state index >= 15 is 0 Å². The summed E-state index contributed by atoms with van der Waals surface area (Å²) in [7, 11) is 0. The standard InChI is InChI=1S/C37H28/c1-27-36(30-18-10-4-11-19-30)25-35(26-37(27)31-20-12-5-13-21-31)34-23-32(28-14-6-2-7-15-28)22-33(24-34)29-16-8-3-9-17-29/h2-26H,1H3. The molecule has 0 aromatic heterocycles. The molecule has 0 aliphatic heterocycles. The summed E-state index contributed by atoms with van der Waals surface area (Å²) in [6.45, 7) is 2.24. The van der Waals surface area contributed by atoms with Crippen molar-refractivity contribution in [3.8, 4) is 55.6 Å². The van der Waals surface area contributed by atoms with Crippen LogP contribution in [0.1, 0.15) is 5.56 Å². The van der Waals surface area contributed by atoms with Crippen LogP contribution in [-0.4, -0.2) is 0 Å². The number of rotatable bonds is 5. The molecule has 0 heteroatoms. The molecule has 6 aromatic carbocycles. The lowest BCUT2D eigenvalue weighted by molar-refractivity contribution is 1.44. The van der Waals surface area contributed by atoms with E-state index in [1.807, 2.05) is 0 Å². The average Bonchev–Trinajstić information content (AvgIpc) is 2.99. The summed E-state index contributed by atoms with van der Waals surface area (Å²) in [5.41, 5.74) is 13.6. The summed E-state index contributed by atoms with van der Waals surface area (Å²) in [5, 5.41) is 0. The van der Waals surface area contributed by atoms with Crippen LogP contribution < -0.4 is 0 Å². The van der Waals surface area contributed by atoms with Gasteiger partial charge < -0.3 is 0 Å². The molecule has 0 aliphatic rings. The molecule has 0 unspecified atom stereocenters. The Kier molecular flexibility index (Phi) is 6.23. The van der Waals surface area contributed by atoms with Crippen LogP contribution in [0.4, 0.5) is 0 Å². The molecular formula is C37H28. The van der Waals surface area contributed by atoms with Gasteiger partial charge in [0.05, 0.1) is 0 Å². The third-order valence-electron chi connectivity index (χ3n) is 7.06. The molecule has 0 spiro atoms. The van der Waals surface area contributed by atoms with Crippen molar-refractivity contribution in [3.63, 3.8) is 0 Å². The second-order valence-corrected chi connectivity index (χ2v) is 9.46. The third-order valence-corrected chi connectivity index (χ3v) is 7.06. The van der Waals surface area contributed by atoms with Gasteiger partial charge in [-0.05, 0) is 98.5 Å². The van der Waals surface area contributed by atoms with Crippen molar-refractivity contribution >= 4 is 0 Å². The van der Waals surface area contributed by atoms with Crippen LogP contribution in [0, 0.1) is 6.92 Å². The molecule has 0 aliphatic carbocycles. The average molecular weight is 473 g/mol. The highest BCUT2D eigenvalue weighted by Gasteiger charge is 2.14. The van der Waals surface area contributed by atoms with Crippen molar-refractivity contribution in [2.45, 2.75) is 6.92 Å². The van der Waals surface area contributed by atoms with Crippen LogP contribution in [0.2, 0.25) is 0 Å². The highest BCUT2D eigenvalue weighted by atomic mass is 14.2. The summed E-state index contributed by atoms with van der Waals surface area (Å²) in [5.74, 6) is 0. The minimum Gasteiger partial charge on any atom is -0.0622 e. The Hall–Kier alpha value is -4.68. The van der Waals surface area contributed by atoms with Crippen molar-refractivity contribution in [2.75, 3.05) is 0 Å². The molecule has 0 radical (unpaired) electrons. The third kappa shape index (κ3) is 4.75. The Balaban J connectivity index is 1.61. The van der Waals surface area contributed by atoms with E-state index in [1.54, 1.807) is 0 Å². The quantitative estimate of drug-likeness (QED) is 0.234. The van der Waals surface area contributed by atoms with Gasteiger partial charge in [0, 0.05) is 0 Å². The Bertz CT molecular complexity index is 1510. The maximum Gasteiger partial charge on any atom is -0.0142 e. The van der Waals surface area contributed by atoms with Crippen LogP contribution in [-0.2, 0) is 0 Å². The first-order chi connectivity index (χ1) is 18.3. The maximum absolute atomic E-state index is 2.36. The molecule has 0 atom stereocenters. The first-order valence-corrected chi connectivity index (χ1v) is 12.8. The summed E-state index contributed by atoms with van der Waals surface area (Å²) in [6, 6.07) is 54.5. The van der Waals surface area contributed by atoms with Gasteiger partial charge in [-0.15, -0.1) is 0 Å². The van der Waals surface area contributed by atoms with E-state index in [0.29, 0.717) is 0 Å². The zero-order valence-corrected chi connectivity index (χ0v) is 20.9. The Morgan fingerprint density at radius 1 is 0.270 bits per heavy atom. The molecule has 37 heavy (non-hydrogen) atoms. The minimum absolute atomic E-state index is 1.22. The topological polar surface area (TPSA) is 0 Å². The van der Waals surface area contributed by atoms with Gasteiger partial charge in [-0.25, -0.2) is 0 Å². The maximum atomic E-state index is 2.36. The van der Waals surface area contributed by atoms with E-state index in [0.717, 1.165) is 0 Å². The molecule has 0 saturated carbocycles. The van der Waals surface area contributed by atoms with E-state index in [-0.39, 0.29) is 0 Å². The molecule has 0 bridgehead atoms. The highest BCUT2D eigenvalue weighted by molar-refractivity contribution is 5.88. The molecular weight excluding hydrogens is 444 g/mol. The van der Waals surface area contributed by atoms with Crippen LogP contribution in [0.3, 0.4) is 0 Å². The lowest BCUT2D eigenvalue weighted by Crippen LogP contribution is -1.92. The normalized spacial score (nSPS) is 10.8. The predicted octanol–water partition coefficient (Wildman–Crippen LogP) is 10.3. The lowest BCUT2D eigenvalue weighted by atomic mass is 9.87. The molecule has 0 amide bonds. The molecule has 0 nitrogen and oxygen atoms in total. The monoisotopic (exact) mass is 472 g/mol. The van der Waals surface area contributed by atoms with E-state index in [2.05, 4.69) is 159 Å². The fraction of sp³-hybridized carbons (Fsp3) is 0.0270. The van der Waals surface area contributed by atoms with Crippen molar-refractivity contribution in [1.82, 2.24) is 0 Å². The molecule has 0 heterocycles. The van der Waals surface area contributed by atoms with Crippen LogP contribution in [0.15, 0.2) is 152 Å². The zero-order valence-electron chi connectivity index (χ0n) is 20.9. The molecule has 0 N–H and O–H groups in total. The summed E-state index contributed by atoms with van der Waals surface area (Å²) in [4.78, 5) is 0. The fourth-order valence-corrected chi connectivity index (χ4v) is 5.10. The minimum atomic E-state index is 1.22. The van der Waals surface area contributed by atoms with Gasteiger partial charge in [-0.2, -0.15) is 0 Å². The van der Waals surface area contributed by atoms with Gasteiger partial charge in [0.15, 0.2) is 0 Å². The number of benzene rings is 6. The van der Waals surface area contributed by atoms with Crippen molar-refractivity contribution < 1.29 is 0 Å². The van der Waals surface area contributed by atoms with Gasteiger partial charge in [-0.1, -0.05) is 121 Å². The van der Waals surface area contributed by atoms with Crippen molar-refractivity contribution in [2.24, 2.45) is 0 Å². The SMILES string of the molecule is Cc1c(-c2ccccc2)cc(-c2cc(-c3ccccc3)cc(-c3ccccc3)c2)cc1-c1ccccc1.